The fourth-order valence-electron chi connectivity index (χ4n) is 4.15. The van der Waals surface area contributed by atoms with E-state index in [1.54, 1.807) is 36.4 Å². The second kappa shape index (κ2) is 11.9. The molecule has 1 amide bonds. The molecule has 194 valence electrons. The average Bonchev–Trinajstić information content (AvgIpc) is 3.11. The minimum Gasteiger partial charge on any atom is -0.507 e. The van der Waals surface area contributed by atoms with Crippen LogP contribution in [0.25, 0.3) is 5.76 Å². The Bertz CT molecular complexity index is 1140. The number of carbonyl (C=O) groups excluding carboxylic acids is 2. The molecule has 1 saturated heterocycles. The number of hydrogen-bond donors (Lipinski definition) is 1. The molecule has 0 spiro atoms. The maximum Gasteiger partial charge on any atom is 0.295 e. The summed E-state index contributed by atoms with van der Waals surface area (Å²) in [6.07, 6.45) is 0. The molecule has 1 heterocycles. The van der Waals surface area contributed by atoms with Crippen LogP contribution in [0.1, 0.15) is 43.5 Å². The van der Waals surface area contributed by atoms with Crippen molar-refractivity contribution >= 4 is 17.4 Å². The van der Waals surface area contributed by atoms with Gasteiger partial charge in [-0.25, -0.2) is 0 Å². The first-order valence-corrected chi connectivity index (χ1v) is 12.0. The Morgan fingerprint density at radius 1 is 1.03 bits per heavy atom. The summed E-state index contributed by atoms with van der Waals surface area (Å²) in [7, 11) is 3.05. The van der Waals surface area contributed by atoms with Crippen LogP contribution >= 0.6 is 0 Å². The molecule has 2 aromatic carbocycles. The summed E-state index contributed by atoms with van der Waals surface area (Å²) >= 11 is 0. The predicted molar refractivity (Wildman–Crippen MR) is 137 cm³/mol. The monoisotopic (exact) mass is 497 g/mol. The highest BCUT2D eigenvalue weighted by Crippen LogP contribution is 2.42. The lowest BCUT2D eigenvalue weighted by Crippen LogP contribution is -2.32. The SMILES string of the molecule is CCOc1ccc([C@@H]2C(=C(O)c3ccc(OCC(C)C)c(C)c3)C(=O)C(=O)N2CCOC)cc1OC. The minimum atomic E-state index is -0.818. The van der Waals surface area contributed by atoms with Crippen molar-refractivity contribution in [1.29, 1.82) is 0 Å². The molecule has 0 radical (unpaired) electrons. The summed E-state index contributed by atoms with van der Waals surface area (Å²) < 4.78 is 22.1. The van der Waals surface area contributed by atoms with E-state index in [-0.39, 0.29) is 24.5 Å². The summed E-state index contributed by atoms with van der Waals surface area (Å²) in [4.78, 5) is 27.7. The number of ether oxygens (including phenoxy) is 4. The third-order valence-electron chi connectivity index (χ3n) is 5.90. The standard InChI is InChI=1S/C28H35NO7/c1-7-35-22-11-8-19(15-23(22)34-6)25-24(27(31)28(32)29(25)12-13-33-5)26(30)20-9-10-21(18(4)14-20)36-16-17(2)3/h8-11,14-15,17,25,30H,7,12-13,16H2,1-6H3/t25-/m1/s1. The Balaban J connectivity index is 2.11. The maximum atomic E-state index is 13.2. The number of aliphatic hydroxyl groups excluding tert-OH is 1. The molecule has 36 heavy (non-hydrogen) atoms. The molecule has 0 aromatic heterocycles. The smallest absolute Gasteiger partial charge is 0.295 e. The van der Waals surface area contributed by atoms with Gasteiger partial charge >= 0.3 is 0 Å². The summed E-state index contributed by atoms with van der Waals surface area (Å²) in [5.74, 6) is 0.392. The van der Waals surface area contributed by atoms with Gasteiger partial charge in [0, 0.05) is 19.2 Å². The van der Waals surface area contributed by atoms with Gasteiger partial charge in [0.05, 0.1) is 38.5 Å². The van der Waals surface area contributed by atoms with Crippen molar-refractivity contribution in [2.24, 2.45) is 5.92 Å². The number of amides is 1. The Kier molecular flexibility index (Phi) is 8.98. The summed E-state index contributed by atoms with van der Waals surface area (Å²) in [5.41, 5.74) is 1.86. The fourth-order valence-corrected chi connectivity index (χ4v) is 4.15. The molecule has 1 aliphatic rings. The lowest BCUT2D eigenvalue weighted by Gasteiger charge is -2.25. The number of benzene rings is 2. The zero-order chi connectivity index (χ0) is 26.4. The largest absolute Gasteiger partial charge is 0.507 e. The second-order valence-electron chi connectivity index (χ2n) is 9.01. The lowest BCUT2D eigenvalue weighted by molar-refractivity contribution is -0.140. The highest BCUT2D eigenvalue weighted by Gasteiger charge is 2.46. The van der Waals surface area contributed by atoms with Gasteiger partial charge in [-0.2, -0.15) is 0 Å². The number of methoxy groups -OCH3 is 2. The predicted octanol–water partition coefficient (Wildman–Crippen LogP) is 4.51. The van der Waals surface area contributed by atoms with Gasteiger partial charge in [0.1, 0.15) is 11.5 Å². The van der Waals surface area contributed by atoms with E-state index in [1.165, 1.54) is 19.1 Å². The molecule has 0 bridgehead atoms. The number of carbonyl (C=O) groups is 2. The zero-order valence-electron chi connectivity index (χ0n) is 21.8. The molecule has 1 fully saturated rings. The topological polar surface area (TPSA) is 94.5 Å². The highest BCUT2D eigenvalue weighted by molar-refractivity contribution is 6.46. The van der Waals surface area contributed by atoms with E-state index in [9.17, 15) is 14.7 Å². The first-order chi connectivity index (χ1) is 17.2. The average molecular weight is 498 g/mol. The Hall–Kier alpha value is -3.52. The van der Waals surface area contributed by atoms with Gasteiger partial charge in [-0.15, -0.1) is 0 Å². The van der Waals surface area contributed by atoms with E-state index in [2.05, 4.69) is 13.8 Å². The third kappa shape index (κ3) is 5.65. The van der Waals surface area contributed by atoms with Crippen LogP contribution in [-0.4, -0.2) is 62.3 Å². The van der Waals surface area contributed by atoms with Crippen molar-refractivity contribution < 1.29 is 33.6 Å². The van der Waals surface area contributed by atoms with Crippen molar-refractivity contribution in [1.82, 2.24) is 4.90 Å². The number of aryl methyl sites for hydroxylation is 1. The van der Waals surface area contributed by atoms with Crippen LogP contribution in [0, 0.1) is 12.8 Å². The molecule has 8 heteroatoms. The van der Waals surface area contributed by atoms with E-state index in [1.807, 2.05) is 13.8 Å². The van der Waals surface area contributed by atoms with Gasteiger partial charge in [-0.1, -0.05) is 19.9 Å². The van der Waals surface area contributed by atoms with E-state index in [4.69, 9.17) is 18.9 Å². The van der Waals surface area contributed by atoms with E-state index in [0.717, 1.165) is 5.56 Å². The minimum absolute atomic E-state index is 0.0116. The maximum absolute atomic E-state index is 13.2. The number of hydrogen-bond acceptors (Lipinski definition) is 7. The number of nitrogens with zero attached hydrogens (tertiary/aromatic N) is 1. The molecule has 1 N–H and O–H groups in total. The van der Waals surface area contributed by atoms with Crippen LogP contribution in [0.3, 0.4) is 0 Å². The first-order valence-electron chi connectivity index (χ1n) is 12.0. The van der Waals surface area contributed by atoms with Crippen molar-refractivity contribution in [3.8, 4) is 17.2 Å². The molecule has 8 nitrogen and oxygen atoms in total. The van der Waals surface area contributed by atoms with E-state index in [0.29, 0.717) is 47.5 Å². The third-order valence-corrected chi connectivity index (χ3v) is 5.90. The van der Waals surface area contributed by atoms with Crippen molar-refractivity contribution in [2.45, 2.75) is 33.7 Å². The lowest BCUT2D eigenvalue weighted by atomic mass is 9.94. The Labute approximate surface area is 212 Å². The number of ketones is 1. The van der Waals surface area contributed by atoms with Gasteiger partial charge < -0.3 is 29.0 Å². The van der Waals surface area contributed by atoms with Gasteiger partial charge in [0.25, 0.3) is 11.7 Å². The van der Waals surface area contributed by atoms with Crippen molar-refractivity contribution in [3.63, 3.8) is 0 Å². The quantitative estimate of drug-likeness (QED) is 0.277. The molecule has 1 atom stereocenters. The van der Waals surface area contributed by atoms with Crippen LogP contribution in [0.2, 0.25) is 0 Å². The van der Waals surface area contributed by atoms with Crippen LogP contribution in [0.15, 0.2) is 42.0 Å². The van der Waals surface area contributed by atoms with Gasteiger partial charge in [-0.3, -0.25) is 9.59 Å². The summed E-state index contributed by atoms with van der Waals surface area (Å²) in [5, 5.41) is 11.3. The molecule has 1 aliphatic heterocycles. The number of rotatable bonds is 11. The summed E-state index contributed by atoms with van der Waals surface area (Å²) in [6, 6.07) is 9.62. The van der Waals surface area contributed by atoms with Crippen LogP contribution < -0.4 is 14.2 Å². The highest BCUT2D eigenvalue weighted by atomic mass is 16.5. The number of aliphatic hydroxyl groups is 1. The second-order valence-corrected chi connectivity index (χ2v) is 9.01. The van der Waals surface area contributed by atoms with Crippen LogP contribution in [0.4, 0.5) is 0 Å². The number of likely N-dealkylation sites (tertiary alicyclic amines) is 1. The van der Waals surface area contributed by atoms with Crippen molar-refractivity contribution in [3.05, 3.63) is 58.7 Å². The number of Topliss-reactive ketones (excluding diaryl/α,β-unsaturated/α-hetero) is 1. The van der Waals surface area contributed by atoms with Crippen LogP contribution in [0.5, 0.6) is 17.2 Å². The summed E-state index contributed by atoms with van der Waals surface area (Å²) in [6.45, 7) is 9.31. The molecule has 3 rings (SSSR count). The van der Waals surface area contributed by atoms with Crippen molar-refractivity contribution in [2.75, 3.05) is 40.6 Å². The molecule has 0 aliphatic carbocycles. The molecular formula is C28H35NO7. The van der Waals surface area contributed by atoms with Gasteiger partial charge in [0.2, 0.25) is 0 Å². The Morgan fingerprint density at radius 2 is 1.75 bits per heavy atom. The van der Waals surface area contributed by atoms with E-state index >= 15 is 0 Å². The van der Waals surface area contributed by atoms with Gasteiger partial charge in [-0.05, 0) is 61.2 Å². The molecule has 0 saturated carbocycles. The first kappa shape index (κ1) is 27.1. The Morgan fingerprint density at radius 3 is 2.36 bits per heavy atom. The molecule has 2 aromatic rings. The zero-order valence-corrected chi connectivity index (χ0v) is 21.8. The molecule has 0 unspecified atom stereocenters. The fraction of sp³-hybridized carbons (Fsp3) is 0.429. The van der Waals surface area contributed by atoms with Gasteiger partial charge in [0.15, 0.2) is 11.5 Å². The molecular weight excluding hydrogens is 462 g/mol. The normalized spacial score (nSPS) is 17.1. The van der Waals surface area contributed by atoms with Crippen LogP contribution in [-0.2, 0) is 14.3 Å². The van der Waals surface area contributed by atoms with E-state index < -0.39 is 17.7 Å².